The molecule has 0 aromatic heterocycles. The smallest absolute Gasteiger partial charge is 0.321 e. The summed E-state index contributed by atoms with van der Waals surface area (Å²) in [6.07, 6.45) is 0. The van der Waals surface area contributed by atoms with Gasteiger partial charge in [-0.1, -0.05) is 6.07 Å². The van der Waals surface area contributed by atoms with E-state index in [1.165, 1.54) is 6.07 Å². The van der Waals surface area contributed by atoms with Crippen LogP contribution in [-0.4, -0.2) is 25.5 Å². The summed E-state index contributed by atoms with van der Waals surface area (Å²) >= 11 is 0. The molecule has 0 fully saturated rings. The van der Waals surface area contributed by atoms with Gasteiger partial charge in [-0.25, -0.2) is 12.8 Å². The molecule has 1 aromatic carbocycles. The maximum Gasteiger partial charge on any atom is 0.321 e. The van der Waals surface area contributed by atoms with Gasteiger partial charge in [0.2, 0.25) is 10.0 Å². The minimum absolute atomic E-state index is 0.559. The normalized spacial score (nSPS) is 13.4. The van der Waals surface area contributed by atoms with Crippen LogP contribution in [0.15, 0.2) is 23.1 Å². The fourth-order valence-corrected chi connectivity index (χ4v) is 2.43. The minimum Gasteiger partial charge on any atom is -0.480 e. The van der Waals surface area contributed by atoms with Gasteiger partial charge < -0.3 is 5.11 Å². The number of carboxylic acid groups (broad SMARTS) is 1. The molecule has 0 aliphatic heterocycles. The first kappa shape index (κ1) is 13.6. The van der Waals surface area contributed by atoms with Gasteiger partial charge in [0.15, 0.2) is 0 Å². The molecule has 0 spiro atoms. The lowest BCUT2D eigenvalue weighted by molar-refractivity contribution is -0.138. The van der Waals surface area contributed by atoms with E-state index in [0.29, 0.717) is 5.56 Å². The summed E-state index contributed by atoms with van der Waals surface area (Å²) in [4.78, 5) is 9.97. The van der Waals surface area contributed by atoms with Gasteiger partial charge in [-0.2, -0.15) is 4.72 Å². The number of aliphatic carboxylic acids is 1. The van der Waals surface area contributed by atoms with Crippen LogP contribution in [0.4, 0.5) is 4.39 Å². The molecule has 0 bridgehead atoms. The number of nitrogens with one attached hydrogen (secondary N) is 1. The van der Waals surface area contributed by atoms with Gasteiger partial charge in [-0.05, 0) is 31.5 Å². The first-order valence-corrected chi connectivity index (χ1v) is 6.23. The molecule has 1 atom stereocenters. The van der Waals surface area contributed by atoms with Crippen molar-refractivity contribution in [2.75, 3.05) is 0 Å². The Balaban J connectivity index is 3.10. The summed E-state index contributed by atoms with van der Waals surface area (Å²) in [5, 5.41) is 8.58. The van der Waals surface area contributed by atoms with Gasteiger partial charge in [0, 0.05) is 0 Å². The predicted molar refractivity (Wildman–Crippen MR) is 58.6 cm³/mol. The standard InChI is InChI=1S/C10H12FNO4S/c1-6-3-4-9(8(11)5-6)17(15,16)12-7(2)10(13)14/h3-5,7,12H,1-2H3,(H,13,14)/t7-/m0/s1. The molecule has 1 rings (SSSR count). The van der Waals surface area contributed by atoms with Crippen molar-refractivity contribution < 1.29 is 22.7 Å². The van der Waals surface area contributed by atoms with Crippen LogP contribution >= 0.6 is 0 Å². The van der Waals surface area contributed by atoms with Crippen LogP contribution in [-0.2, 0) is 14.8 Å². The molecule has 0 saturated carbocycles. The maximum atomic E-state index is 13.4. The van der Waals surface area contributed by atoms with E-state index in [2.05, 4.69) is 0 Å². The Kier molecular flexibility index (Phi) is 3.84. The highest BCUT2D eigenvalue weighted by Crippen LogP contribution is 2.15. The third-order valence-corrected chi connectivity index (χ3v) is 3.65. The van der Waals surface area contributed by atoms with Crippen molar-refractivity contribution in [3.63, 3.8) is 0 Å². The highest BCUT2D eigenvalue weighted by atomic mass is 32.2. The van der Waals surface area contributed by atoms with E-state index in [1.54, 1.807) is 6.92 Å². The number of hydrogen-bond donors (Lipinski definition) is 2. The van der Waals surface area contributed by atoms with Crippen LogP contribution in [0.5, 0.6) is 0 Å². The molecule has 0 unspecified atom stereocenters. The van der Waals surface area contributed by atoms with E-state index >= 15 is 0 Å². The second-order valence-electron chi connectivity index (χ2n) is 3.62. The molecule has 5 nitrogen and oxygen atoms in total. The topological polar surface area (TPSA) is 83.5 Å². The second kappa shape index (κ2) is 4.80. The van der Waals surface area contributed by atoms with E-state index in [9.17, 15) is 17.6 Å². The first-order chi connectivity index (χ1) is 7.74. The molecule has 2 N–H and O–H groups in total. The minimum atomic E-state index is -4.16. The molecule has 0 saturated heterocycles. The quantitative estimate of drug-likeness (QED) is 0.843. The number of hydrogen-bond acceptors (Lipinski definition) is 3. The molecule has 0 aliphatic rings. The first-order valence-electron chi connectivity index (χ1n) is 4.75. The highest BCUT2D eigenvalue weighted by Gasteiger charge is 2.24. The summed E-state index contributed by atoms with van der Waals surface area (Å²) in [5.41, 5.74) is 0.577. The predicted octanol–water partition coefficient (Wildman–Crippen LogP) is 0.886. The number of sulfonamides is 1. The van der Waals surface area contributed by atoms with Crippen LogP contribution in [0, 0.1) is 12.7 Å². The van der Waals surface area contributed by atoms with Gasteiger partial charge in [-0.3, -0.25) is 4.79 Å². The summed E-state index contributed by atoms with van der Waals surface area (Å²) in [5.74, 6) is -2.24. The second-order valence-corrected chi connectivity index (χ2v) is 5.30. The van der Waals surface area contributed by atoms with Crippen LogP contribution in [0.1, 0.15) is 12.5 Å². The molecule has 7 heteroatoms. The molecular weight excluding hydrogens is 249 g/mol. The molecule has 1 aromatic rings. The largest absolute Gasteiger partial charge is 0.480 e. The number of carbonyl (C=O) groups is 1. The molecule has 0 heterocycles. The van der Waals surface area contributed by atoms with Crippen LogP contribution in [0.25, 0.3) is 0 Å². The van der Waals surface area contributed by atoms with Crippen molar-refractivity contribution in [2.24, 2.45) is 0 Å². The van der Waals surface area contributed by atoms with Crippen molar-refractivity contribution >= 4 is 16.0 Å². The van der Waals surface area contributed by atoms with Gasteiger partial charge in [-0.15, -0.1) is 0 Å². The van der Waals surface area contributed by atoms with E-state index in [1.807, 2.05) is 4.72 Å². The SMILES string of the molecule is Cc1ccc(S(=O)(=O)N[C@@H](C)C(=O)O)c(F)c1. The van der Waals surface area contributed by atoms with E-state index < -0.39 is 32.7 Å². The van der Waals surface area contributed by atoms with Gasteiger partial charge in [0.05, 0.1) is 0 Å². The molecule has 94 valence electrons. The van der Waals surface area contributed by atoms with E-state index in [0.717, 1.165) is 19.1 Å². The monoisotopic (exact) mass is 261 g/mol. The summed E-state index contributed by atoms with van der Waals surface area (Å²) < 4.78 is 38.6. The molecule has 17 heavy (non-hydrogen) atoms. The Morgan fingerprint density at radius 2 is 2.06 bits per heavy atom. The van der Waals surface area contributed by atoms with E-state index in [-0.39, 0.29) is 0 Å². The van der Waals surface area contributed by atoms with Gasteiger partial charge >= 0.3 is 5.97 Å². The van der Waals surface area contributed by atoms with Crippen molar-refractivity contribution in [1.29, 1.82) is 0 Å². The zero-order valence-electron chi connectivity index (χ0n) is 9.27. The Bertz CT molecular complexity index is 541. The fraction of sp³-hybridized carbons (Fsp3) is 0.300. The number of carboxylic acids is 1. The van der Waals surface area contributed by atoms with Crippen molar-refractivity contribution in [2.45, 2.75) is 24.8 Å². The number of halogens is 1. The Morgan fingerprint density at radius 3 is 2.53 bits per heavy atom. The number of rotatable bonds is 4. The van der Waals surface area contributed by atoms with Gasteiger partial charge in [0.25, 0.3) is 0 Å². The van der Waals surface area contributed by atoms with Crippen molar-refractivity contribution in [3.05, 3.63) is 29.6 Å². The number of aryl methyl sites for hydroxylation is 1. The average Bonchev–Trinajstić information content (AvgIpc) is 2.15. The summed E-state index contributed by atoms with van der Waals surface area (Å²) in [7, 11) is -4.16. The third kappa shape index (κ3) is 3.24. The van der Waals surface area contributed by atoms with Crippen molar-refractivity contribution in [3.8, 4) is 0 Å². The zero-order chi connectivity index (χ0) is 13.2. The van der Waals surface area contributed by atoms with Crippen LogP contribution < -0.4 is 4.72 Å². The Hall–Kier alpha value is -1.47. The number of benzene rings is 1. The molecule has 0 radical (unpaired) electrons. The summed E-state index contributed by atoms with van der Waals surface area (Å²) in [6, 6.07) is 2.28. The lowest BCUT2D eigenvalue weighted by Crippen LogP contribution is -2.38. The van der Waals surface area contributed by atoms with Gasteiger partial charge in [0.1, 0.15) is 16.8 Å². The zero-order valence-corrected chi connectivity index (χ0v) is 10.1. The lowest BCUT2D eigenvalue weighted by atomic mass is 10.2. The van der Waals surface area contributed by atoms with Crippen LogP contribution in [0.2, 0.25) is 0 Å². The maximum absolute atomic E-state index is 13.4. The molecule has 0 amide bonds. The Labute approximate surface area is 98.3 Å². The Morgan fingerprint density at radius 1 is 1.47 bits per heavy atom. The average molecular weight is 261 g/mol. The third-order valence-electron chi connectivity index (χ3n) is 2.08. The highest BCUT2D eigenvalue weighted by molar-refractivity contribution is 7.89. The van der Waals surface area contributed by atoms with Crippen LogP contribution in [0.3, 0.4) is 0 Å². The van der Waals surface area contributed by atoms with Crippen molar-refractivity contribution in [1.82, 2.24) is 4.72 Å². The van der Waals surface area contributed by atoms with E-state index in [4.69, 9.17) is 5.11 Å². The molecular formula is C10H12FNO4S. The summed E-state index contributed by atoms with van der Waals surface area (Å²) in [6.45, 7) is 2.78. The molecule has 0 aliphatic carbocycles. The fourth-order valence-electron chi connectivity index (χ4n) is 1.17. The lowest BCUT2D eigenvalue weighted by Gasteiger charge is -2.11.